The summed E-state index contributed by atoms with van der Waals surface area (Å²) in [5.74, 6) is -0.0746. The van der Waals surface area contributed by atoms with E-state index in [1.54, 1.807) is 23.1 Å². The molecule has 0 radical (unpaired) electrons. The third-order valence-electron chi connectivity index (χ3n) is 3.32. The van der Waals surface area contributed by atoms with Crippen LogP contribution in [0, 0.1) is 0 Å². The molecule has 1 aliphatic heterocycles. The Labute approximate surface area is 131 Å². The summed E-state index contributed by atoms with van der Waals surface area (Å²) in [6, 6.07) is 4.91. The zero-order valence-corrected chi connectivity index (χ0v) is 13.5. The van der Waals surface area contributed by atoms with Gasteiger partial charge in [-0.05, 0) is 37.1 Å². The Morgan fingerprint density at radius 3 is 2.76 bits per heavy atom. The molecule has 0 spiro atoms. The van der Waals surface area contributed by atoms with Crippen LogP contribution >= 0.6 is 12.4 Å². The van der Waals surface area contributed by atoms with Crippen LogP contribution in [0.15, 0.2) is 23.1 Å². The van der Waals surface area contributed by atoms with Gasteiger partial charge in [0.2, 0.25) is 15.9 Å². The lowest BCUT2D eigenvalue weighted by molar-refractivity contribution is -0.116. The molecule has 6 nitrogen and oxygen atoms in total. The Kier molecular flexibility index (Phi) is 6.15. The quantitative estimate of drug-likeness (QED) is 0.774. The Balaban J connectivity index is 0.00000220. The van der Waals surface area contributed by atoms with Gasteiger partial charge < -0.3 is 10.6 Å². The molecular formula is C13H20ClN3O3S. The SMILES string of the molecule is CC(=O)N1CCc2ccc(S(=O)(=O)NCCCN)cc21.Cl. The summed E-state index contributed by atoms with van der Waals surface area (Å²) >= 11 is 0. The van der Waals surface area contributed by atoms with E-state index in [0.29, 0.717) is 31.7 Å². The highest BCUT2D eigenvalue weighted by atomic mass is 35.5. The third-order valence-corrected chi connectivity index (χ3v) is 4.77. The number of nitrogens with one attached hydrogen (secondary N) is 1. The Morgan fingerprint density at radius 1 is 1.43 bits per heavy atom. The number of halogens is 1. The highest BCUT2D eigenvalue weighted by molar-refractivity contribution is 7.89. The van der Waals surface area contributed by atoms with Gasteiger partial charge in [-0.15, -0.1) is 12.4 Å². The number of anilines is 1. The lowest BCUT2D eigenvalue weighted by atomic mass is 10.2. The second-order valence-corrected chi connectivity index (χ2v) is 6.52. The number of carbonyl (C=O) groups excluding carboxylic acids is 1. The molecule has 3 N–H and O–H groups in total. The maximum atomic E-state index is 12.1. The summed E-state index contributed by atoms with van der Waals surface area (Å²) in [6.07, 6.45) is 1.35. The molecule has 0 fully saturated rings. The van der Waals surface area contributed by atoms with Crippen molar-refractivity contribution < 1.29 is 13.2 Å². The summed E-state index contributed by atoms with van der Waals surface area (Å²) in [6.45, 7) is 2.84. The molecule has 0 unspecified atom stereocenters. The van der Waals surface area contributed by atoms with Crippen molar-refractivity contribution in [2.45, 2.75) is 24.7 Å². The first-order valence-corrected chi connectivity index (χ1v) is 8.05. The van der Waals surface area contributed by atoms with Crippen molar-refractivity contribution in [2.24, 2.45) is 5.73 Å². The second-order valence-electron chi connectivity index (χ2n) is 4.75. The van der Waals surface area contributed by atoms with Gasteiger partial charge in [-0.2, -0.15) is 0 Å². The van der Waals surface area contributed by atoms with E-state index < -0.39 is 10.0 Å². The molecule has 0 aliphatic carbocycles. The fraction of sp³-hybridized carbons (Fsp3) is 0.462. The summed E-state index contributed by atoms with van der Waals surface area (Å²) in [4.78, 5) is 13.3. The van der Waals surface area contributed by atoms with Gasteiger partial charge in [0.25, 0.3) is 0 Å². The third kappa shape index (κ3) is 3.94. The largest absolute Gasteiger partial charge is 0.330 e. The van der Waals surface area contributed by atoms with Gasteiger partial charge in [0.05, 0.1) is 4.90 Å². The van der Waals surface area contributed by atoms with Crippen molar-refractivity contribution >= 4 is 34.0 Å². The minimum absolute atomic E-state index is 0. The molecule has 21 heavy (non-hydrogen) atoms. The summed E-state index contributed by atoms with van der Waals surface area (Å²) in [5.41, 5.74) is 7.04. The van der Waals surface area contributed by atoms with Gasteiger partial charge >= 0.3 is 0 Å². The molecule has 0 saturated carbocycles. The fourth-order valence-electron chi connectivity index (χ4n) is 2.25. The molecule has 1 heterocycles. The standard InChI is InChI=1S/C13H19N3O3S.ClH/c1-10(17)16-8-5-11-3-4-12(9-13(11)16)20(18,19)15-7-2-6-14;/h3-4,9,15H,2,5-8,14H2,1H3;1H. The van der Waals surface area contributed by atoms with Gasteiger partial charge in [0.15, 0.2) is 0 Å². The van der Waals surface area contributed by atoms with Crippen LogP contribution in [0.5, 0.6) is 0 Å². The van der Waals surface area contributed by atoms with E-state index in [1.165, 1.54) is 6.92 Å². The lowest BCUT2D eigenvalue weighted by Gasteiger charge is -2.15. The van der Waals surface area contributed by atoms with E-state index >= 15 is 0 Å². The number of rotatable bonds is 5. The number of sulfonamides is 1. The fourth-order valence-corrected chi connectivity index (χ4v) is 3.34. The van der Waals surface area contributed by atoms with Crippen molar-refractivity contribution in [1.82, 2.24) is 4.72 Å². The number of amides is 1. The van der Waals surface area contributed by atoms with E-state index in [9.17, 15) is 13.2 Å². The van der Waals surface area contributed by atoms with E-state index in [2.05, 4.69) is 4.72 Å². The number of hydrogen-bond donors (Lipinski definition) is 2. The summed E-state index contributed by atoms with van der Waals surface area (Å²) in [7, 11) is -3.55. The Hall–Kier alpha value is -1.15. The number of nitrogens with zero attached hydrogens (tertiary/aromatic N) is 1. The molecule has 0 bridgehead atoms. The number of fused-ring (bicyclic) bond motifs is 1. The van der Waals surface area contributed by atoms with Gasteiger partial charge in [-0.3, -0.25) is 4.79 Å². The first kappa shape index (κ1) is 17.9. The molecule has 1 aliphatic rings. The highest BCUT2D eigenvalue weighted by Gasteiger charge is 2.24. The number of hydrogen-bond acceptors (Lipinski definition) is 4. The van der Waals surface area contributed by atoms with Crippen LogP contribution in [0.1, 0.15) is 18.9 Å². The summed E-state index contributed by atoms with van der Waals surface area (Å²) < 4.78 is 26.8. The van der Waals surface area contributed by atoms with Gasteiger partial charge in [0, 0.05) is 25.7 Å². The Bertz CT molecular complexity index is 619. The smallest absolute Gasteiger partial charge is 0.240 e. The van der Waals surface area contributed by atoms with Crippen LogP contribution in [-0.2, 0) is 21.2 Å². The average Bonchev–Trinajstić information content (AvgIpc) is 2.81. The number of carbonyl (C=O) groups is 1. The molecule has 8 heteroatoms. The zero-order chi connectivity index (χ0) is 14.8. The van der Waals surface area contributed by atoms with Crippen molar-refractivity contribution in [3.8, 4) is 0 Å². The molecule has 118 valence electrons. The molecule has 1 aromatic carbocycles. The molecule has 1 aromatic rings. The second kappa shape index (κ2) is 7.22. The van der Waals surface area contributed by atoms with Crippen LogP contribution in [0.25, 0.3) is 0 Å². The van der Waals surface area contributed by atoms with Gasteiger partial charge in [-0.1, -0.05) is 6.07 Å². The monoisotopic (exact) mass is 333 g/mol. The topological polar surface area (TPSA) is 92.5 Å². The van der Waals surface area contributed by atoms with Gasteiger partial charge in [0.1, 0.15) is 0 Å². The minimum atomic E-state index is -3.55. The summed E-state index contributed by atoms with van der Waals surface area (Å²) in [5, 5.41) is 0. The maximum absolute atomic E-state index is 12.1. The maximum Gasteiger partial charge on any atom is 0.240 e. The molecule has 0 aromatic heterocycles. The van der Waals surface area contributed by atoms with Crippen LogP contribution in [0.3, 0.4) is 0 Å². The van der Waals surface area contributed by atoms with E-state index in [4.69, 9.17) is 5.73 Å². The minimum Gasteiger partial charge on any atom is -0.330 e. The van der Waals surface area contributed by atoms with Crippen molar-refractivity contribution in [2.75, 3.05) is 24.5 Å². The van der Waals surface area contributed by atoms with Crippen LogP contribution in [0.4, 0.5) is 5.69 Å². The normalized spacial score (nSPS) is 13.7. The number of nitrogens with two attached hydrogens (primary N) is 1. The molecule has 0 atom stereocenters. The first-order chi connectivity index (χ1) is 9.45. The van der Waals surface area contributed by atoms with Crippen LogP contribution < -0.4 is 15.4 Å². The van der Waals surface area contributed by atoms with Crippen molar-refractivity contribution in [1.29, 1.82) is 0 Å². The molecule has 0 saturated heterocycles. The predicted molar refractivity (Wildman–Crippen MR) is 84.3 cm³/mol. The van der Waals surface area contributed by atoms with E-state index in [1.807, 2.05) is 0 Å². The molecule has 2 rings (SSSR count). The van der Waals surface area contributed by atoms with Gasteiger partial charge in [-0.25, -0.2) is 13.1 Å². The predicted octanol–water partition coefficient (Wildman–Crippen LogP) is 0.644. The molecule has 1 amide bonds. The lowest BCUT2D eigenvalue weighted by Crippen LogP contribution is -2.27. The van der Waals surface area contributed by atoms with Crippen molar-refractivity contribution in [3.05, 3.63) is 23.8 Å². The highest BCUT2D eigenvalue weighted by Crippen LogP contribution is 2.30. The Morgan fingerprint density at radius 2 is 2.14 bits per heavy atom. The van der Waals surface area contributed by atoms with Crippen LogP contribution in [0.2, 0.25) is 0 Å². The molecular weight excluding hydrogens is 314 g/mol. The van der Waals surface area contributed by atoms with Crippen molar-refractivity contribution in [3.63, 3.8) is 0 Å². The first-order valence-electron chi connectivity index (χ1n) is 6.56. The average molecular weight is 334 g/mol. The van der Waals surface area contributed by atoms with Crippen LogP contribution in [-0.4, -0.2) is 34.0 Å². The number of benzene rings is 1. The van der Waals surface area contributed by atoms with E-state index in [0.717, 1.165) is 12.0 Å². The van der Waals surface area contributed by atoms with E-state index in [-0.39, 0.29) is 23.2 Å². The zero-order valence-electron chi connectivity index (χ0n) is 11.8.